The average Bonchev–Trinajstić information content (AvgIpc) is 2.68. The molecule has 0 aromatic rings. The van der Waals surface area contributed by atoms with Crippen molar-refractivity contribution >= 4 is 36.2 Å². The molecule has 4 atom stereocenters. The van der Waals surface area contributed by atoms with Crippen LogP contribution in [-0.2, 0) is 19.2 Å². The van der Waals surface area contributed by atoms with Gasteiger partial charge in [0.05, 0.1) is 24.7 Å². The zero-order valence-electron chi connectivity index (χ0n) is 16.8. The fraction of sp³-hybridized carbons (Fsp3) is 0.765. The second-order valence-electron chi connectivity index (χ2n) is 7.15. The summed E-state index contributed by atoms with van der Waals surface area (Å²) in [5.74, 6) is -6.23. The van der Waals surface area contributed by atoms with Crippen LogP contribution in [0.5, 0.6) is 0 Å². The number of carboxylic acids is 1. The molecule has 0 rings (SSSR count). The Morgan fingerprint density at radius 2 is 1.59 bits per heavy atom. The van der Waals surface area contributed by atoms with Crippen LogP contribution in [0.25, 0.3) is 0 Å². The van der Waals surface area contributed by atoms with Crippen molar-refractivity contribution in [3.63, 3.8) is 0 Å². The number of unbranched alkanes of at least 4 members (excludes halogenated alkanes) is 1. The Morgan fingerprint density at radius 1 is 1.03 bits per heavy atom. The highest BCUT2D eigenvalue weighted by atomic mass is 32.1. The number of nitrogens with two attached hydrogens (primary N) is 4. The van der Waals surface area contributed by atoms with Crippen molar-refractivity contribution in [2.24, 2.45) is 28.9 Å². The second-order valence-corrected chi connectivity index (χ2v) is 7.51. The van der Waals surface area contributed by atoms with E-state index in [0.29, 0.717) is 19.4 Å². The fourth-order valence-corrected chi connectivity index (χ4v) is 2.80. The smallest absolute Gasteiger partial charge is 0.340 e. The van der Waals surface area contributed by atoms with Gasteiger partial charge in [0.25, 0.3) is 0 Å². The van der Waals surface area contributed by atoms with E-state index in [1.807, 2.05) is 0 Å². The van der Waals surface area contributed by atoms with Crippen LogP contribution in [0.15, 0.2) is 0 Å². The van der Waals surface area contributed by atoms with Crippen LogP contribution in [0.2, 0.25) is 0 Å². The minimum absolute atomic E-state index is 0.0880. The van der Waals surface area contributed by atoms with Gasteiger partial charge in [0.15, 0.2) is 5.78 Å². The highest BCUT2D eigenvalue weighted by Gasteiger charge is 2.58. The number of Topliss-reactive ketones (excluding diaryl/α,β-unsaturated/α-hetero) is 1. The standard InChI is InChI=1S/C17H33N5O6S/c1-9(2)12(21)15(26)22(14(25)10(19)5-3-4-6-18)17(8-23,16(27)28)13(24)11(20)7-29/h9-12,23,29H,3-8,18-21H2,1-2H3,(H,27,28). The van der Waals surface area contributed by atoms with Gasteiger partial charge in [-0.25, -0.2) is 4.79 Å². The van der Waals surface area contributed by atoms with Gasteiger partial charge >= 0.3 is 5.97 Å². The number of ketones is 1. The molecule has 0 fully saturated rings. The molecule has 29 heavy (non-hydrogen) atoms. The maximum Gasteiger partial charge on any atom is 0.340 e. The molecule has 0 bridgehead atoms. The van der Waals surface area contributed by atoms with E-state index in [0.717, 1.165) is 0 Å². The van der Waals surface area contributed by atoms with Gasteiger partial charge in [-0.05, 0) is 25.3 Å². The van der Waals surface area contributed by atoms with Crippen molar-refractivity contribution in [2.45, 2.75) is 56.8 Å². The van der Waals surface area contributed by atoms with Gasteiger partial charge in [-0.15, -0.1) is 0 Å². The summed E-state index contributed by atoms with van der Waals surface area (Å²) in [6, 6.07) is -4.09. The van der Waals surface area contributed by atoms with Crippen LogP contribution in [0.3, 0.4) is 0 Å². The number of nitrogens with zero attached hydrogens (tertiary/aromatic N) is 1. The Labute approximate surface area is 175 Å². The summed E-state index contributed by atoms with van der Waals surface area (Å²) in [5.41, 5.74) is 19.8. The highest BCUT2D eigenvalue weighted by Crippen LogP contribution is 2.24. The van der Waals surface area contributed by atoms with Gasteiger partial charge in [0, 0.05) is 5.75 Å². The molecule has 0 saturated carbocycles. The quantitative estimate of drug-likeness (QED) is 0.0910. The minimum atomic E-state index is -2.96. The molecular weight excluding hydrogens is 402 g/mol. The topological polar surface area (TPSA) is 216 Å². The molecule has 0 radical (unpaired) electrons. The predicted octanol–water partition coefficient (Wildman–Crippen LogP) is -2.58. The number of carbonyl (C=O) groups excluding carboxylic acids is 3. The van der Waals surface area contributed by atoms with Crippen molar-refractivity contribution in [1.82, 2.24) is 4.90 Å². The summed E-state index contributed by atoms with van der Waals surface area (Å²) in [6.07, 6.45) is 1.07. The van der Waals surface area contributed by atoms with Crippen LogP contribution in [0, 0.1) is 5.92 Å². The Morgan fingerprint density at radius 3 is 1.97 bits per heavy atom. The summed E-state index contributed by atoms with van der Waals surface area (Å²) in [5, 5.41) is 19.7. The molecule has 2 amide bonds. The molecule has 0 aromatic carbocycles. The third-order valence-corrected chi connectivity index (χ3v) is 5.03. The number of aliphatic carboxylic acids is 1. The molecule has 168 valence electrons. The number of rotatable bonds is 13. The zero-order chi connectivity index (χ0) is 22.9. The van der Waals surface area contributed by atoms with Gasteiger partial charge in [-0.1, -0.05) is 20.3 Å². The van der Waals surface area contributed by atoms with Crippen LogP contribution < -0.4 is 22.9 Å². The van der Waals surface area contributed by atoms with Crippen LogP contribution in [0.1, 0.15) is 33.1 Å². The molecule has 0 aromatic heterocycles. The number of amides is 2. The van der Waals surface area contributed by atoms with Crippen molar-refractivity contribution in [3.05, 3.63) is 0 Å². The largest absolute Gasteiger partial charge is 0.479 e. The second kappa shape index (κ2) is 12.2. The lowest BCUT2D eigenvalue weighted by atomic mass is 9.86. The van der Waals surface area contributed by atoms with Crippen molar-refractivity contribution < 1.29 is 29.4 Å². The van der Waals surface area contributed by atoms with Gasteiger partial charge < -0.3 is 33.1 Å². The molecule has 10 N–H and O–H groups in total. The van der Waals surface area contributed by atoms with E-state index in [4.69, 9.17) is 22.9 Å². The number of thiol groups is 1. The lowest BCUT2D eigenvalue weighted by Gasteiger charge is -2.40. The van der Waals surface area contributed by atoms with E-state index < -0.39 is 59.8 Å². The molecule has 0 aliphatic rings. The normalized spacial score (nSPS) is 16.6. The number of carboxylic acid groups (broad SMARTS) is 1. The Balaban J connectivity index is 6.47. The number of hydrogen-bond donors (Lipinski definition) is 7. The number of imide groups is 1. The maximum absolute atomic E-state index is 13.0. The van der Waals surface area contributed by atoms with Crippen LogP contribution >= 0.6 is 12.6 Å². The third-order valence-electron chi connectivity index (χ3n) is 4.64. The van der Waals surface area contributed by atoms with Crippen molar-refractivity contribution in [3.8, 4) is 0 Å². The molecule has 12 heteroatoms. The zero-order valence-corrected chi connectivity index (χ0v) is 17.7. The Bertz CT molecular complexity index is 605. The Kier molecular flexibility index (Phi) is 11.5. The summed E-state index contributed by atoms with van der Waals surface area (Å²) in [6.45, 7) is 2.12. The van der Waals surface area contributed by atoms with E-state index in [1.165, 1.54) is 0 Å². The maximum atomic E-state index is 13.0. The molecule has 0 saturated heterocycles. The lowest BCUT2D eigenvalue weighted by Crippen LogP contribution is -2.73. The molecule has 0 heterocycles. The van der Waals surface area contributed by atoms with Gasteiger partial charge in [0.1, 0.15) is 0 Å². The Hall–Kier alpha value is -1.57. The van der Waals surface area contributed by atoms with Gasteiger partial charge in [0.2, 0.25) is 17.4 Å². The number of carbonyl (C=O) groups is 4. The first-order valence-electron chi connectivity index (χ1n) is 9.28. The summed E-state index contributed by atoms with van der Waals surface area (Å²) >= 11 is 3.87. The molecule has 11 nitrogen and oxygen atoms in total. The van der Waals surface area contributed by atoms with E-state index in [-0.39, 0.29) is 17.1 Å². The summed E-state index contributed by atoms with van der Waals surface area (Å²) < 4.78 is 0. The van der Waals surface area contributed by atoms with E-state index in [9.17, 15) is 29.4 Å². The highest BCUT2D eigenvalue weighted by molar-refractivity contribution is 7.80. The first-order valence-corrected chi connectivity index (χ1v) is 9.91. The first-order chi connectivity index (χ1) is 13.4. The number of aliphatic hydroxyl groups excluding tert-OH is 1. The predicted molar refractivity (Wildman–Crippen MR) is 110 cm³/mol. The van der Waals surface area contributed by atoms with Crippen molar-refractivity contribution in [1.29, 1.82) is 0 Å². The summed E-state index contributed by atoms with van der Waals surface area (Å²) in [4.78, 5) is 51.2. The third kappa shape index (κ3) is 6.20. The fourth-order valence-electron chi connectivity index (χ4n) is 2.63. The van der Waals surface area contributed by atoms with Crippen molar-refractivity contribution in [2.75, 3.05) is 18.9 Å². The molecular formula is C17H33N5O6S. The van der Waals surface area contributed by atoms with Gasteiger partial charge in [-0.2, -0.15) is 12.6 Å². The molecule has 0 spiro atoms. The van der Waals surface area contributed by atoms with E-state index in [1.54, 1.807) is 13.8 Å². The summed E-state index contributed by atoms with van der Waals surface area (Å²) in [7, 11) is 0. The molecule has 0 aliphatic heterocycles. The SMILES string of the molecule is CC(C)C(N)C(=O)N(C(=O)C(N)CCCCN)C(CO)(C(=O)O)C(=O)C(N)CS. The van der Waals surface area contributed by atoms with Crippen LogP contribution in [-0.4, -0.2) is 81.2 Å². The van der Waals surface area contributed by atoms with Gasteiger partial charge in [-0.3, -0.25) is 19.3 Å². The minimum Gasteiger partial charge on any atom is -0.479 e. The average molecular weight is 436 g/mol. The van der Waals surface area contributed by atoms with E-state index >= 15 is 0 Å². The lowest BCUT2D eigenvalue weighted by molar-refractivity contribution is -0.175. The van der Waals surface area contributed by atoms with E-state index in [2.05, 4.69) is 12.6 Å². The number of aliphatic hydroxyl groups is 1. The monoisotopic (exact) mass is 435 g/mol. The van der Waals surface area contributed by atoms with Crippen LogP contribution in [0.4, 0.5) is 0 Å². The molecule has 0 aliphatic carbocycles. The molecule has 4 unspecified atom stereocenters. The first kappa shape index (κ1) is 27.4. The number of hydrogen-bond acceptors (Lipinski definition) is 10.